The van der Waals surface area contributed by atoms with Crippen molar-refractivity contribution in [1.29, 1.82) is 0 Å². The van der Waals surface area contributed by atoms with Crippen molar-refractivity contribution in [2.24, 2.45) is 0 Å². The lowest BCUT2D eigenvalue weighted by Gasteiger charge is -2.17. The van der Waals surface area contributed by atoms with E-state index in [4.69, 9.17) is 18.0 Å². The second-order valence-electron chi connectivity index (χ2n) is 3.78. The summed E-state index contributed by atoms with van der Waals surface area (Å²) in [6, 6.07) is 8.38. The molecule has 86 valence electrons. The Morgan fingerprint density at radius 2 is 2.31 bits per heavy atom. The Hall–Kier alpha value is -0.970. The van der Waals surface area contributed by atoms with E-state index in [1.807, 2.05) is 18.2 Å². The number of rotatable bonds is 6. The van der Waals surface area contributed by atoms with Gasteiger partial charge in [-0.15, -0.1) is 12.3 Å². The summed E-state index contributed by atoms with van der Waals surface area (Å²) in [6.07, 6.45) is 8.12. The number of benzene rings is 1. The number of nitrogens with one attached hydrogen (secondary N) is 1. The van der Waals surface area contributed by atoms with Crippen LogP contribution in [0.4, 0.5) is 0 Å². The minimum Gasteiger partial charge on any atom is -0.310 e. The van der Waals surface area contributed by atoms with Gasteiger partial charge >= 0.3 is 0 Å². The average Bonchev–Trinajstić information content (AvgIpc) is 2.29. The summed E-state index contributed by atoms with van der Waals surface area (Å²) in [7, 11) is 0. The normalized spacial score (nSPS) is 12.1. The van der Waals surface area contributed by atoms with E-state index in [0.29, 0.717) is 6.04 Å². The molecule has 1 rings (SSSR count). The van der Waals surface area contributed by atoms with Gasteiger partial charge in [0.1, 0.15) is 0 Å². The van der Waals surface area contributed by atoms with Gasteiger partial charge in [0.05, 0.1) is 0 Å². The molecule has 0 heterocycles. The van der Waals surface area contributed by atoms with E-state index in [0.717, 1.165) is 30.8 Å². The summed E-state index contributed by atoms with van der Waals surface area (Å²) in [6.45, 7) is 3.12. The molecule has 0 bridgehead atoms. The number of hydrogen-bond acceptors (Lipinski definition) is 1. The van der Waals surface area contributed by atoms with Gasteiger partial charge in [-0.1, -0.05) is 30.7 Å². The third-order valence-corrected chi connectivity index (χ3v) is 2.78. The Balaban J connectivity index is 2.51. The van der Waals surface area contributed by atoms with Crippen LogP contribution in [-0.4, -0.2) is 6.54 Å². The van der Waals surface area contributed by atoms with Crippen molar-refractivity contribution < 1.29 is 0 Å². The highest BCUT2D eigenvalue weighted by atomic mass is 35.5. The number of halogens is 1. The molecule has 1 aromatic carbocycles. The van der Waals surface area contributed by atoms with Gasteiger partial charge in [-0.05, 0) is 37.1 Å². The molecular weight excluding hydrogens is 218 g/mol. The maximum absolute atomic E-state index is 5.98. The summed E-state index contributed by atoms with van der Waals surface area (Å²) in [5.41, 5.74) is 1.25. The Morgan fingerprint density at radius 3 is 2.94 bits per heavy atom. The highest BCUT2D eigenvalue weighted by Crippen LogP contribution is 2.20. The van der Waals surface area contributed by atoms with Gasteiger partial charge in [0, 0.05) is 17.5 Å². The quantitative estimate of drug-likeness (QED) is 0.584. The Bertz CT molecular complexity index is 354. The van der Waals surface area contributed by atoms with E-state index >= 15 is 0 Å². The molecule has 1 nitrogen and oxygen atoms in total. The molecule has 0 aliphatic heterocycles. The first-order valence-corrected chi connectivity index (χ1v) is 6.08. The third kappa shape index (κ3) is 4.26. The summed E-state index contributed by atoms with van der Waals surface area (Å²) in [5.74, 6) is 2.65. The molecule has 0 fully saturated rings. The van der Waals surface area contributed by atoms with E-state index in [2.05, 4.69) is 24.2 Å². The molecule has 2 heteroatoms. The van der Waals surface area contributed by atoms with E-state index in [1.165, 1.54) is 5.56 Å². The molecule has 1 atom stereocenters. The fourth-order valence-electron chi connectivity index (χ4n) is 1.69. The maximum Gasteiger partial charge on any atom is 0.0409 e. The van der Waals surface area contributed by atoms with Crippen molar-refractivity contribution in [3.05, 3.63) is 34.9 Å². The van der Waals surface area contributed by atoms with Crippen LogP contribution in [0.1, 0.15) is 37.8 Å². The monoisotopic (exact) mass is 235 g/mol. The van der Waals surface area contributed by atoms with Crippen LogP contribution in [0.3, 0.4) is 0 Å². The van der Waals surface area contributed by atoms with Gasteiger partial charge in [0.25, 0.3) is 0 Å². The van der Waals surface area contributed by atoms with Gasteiger partial charge in [-0.3, -0.25) is 0 Å². The van der Waals surface area contributed by atoms with Gasteiger partial charge in [-0.25, -0.2) is 0 Å². The van der Waals surface area contributed by atoms with Crippen molar-refractivity contribution in [2.45, 2.75) is 32.2 Å². The molecule has 0 spiro atoms. The van der Waals surface area contributed by atoms with Gasteiger partial charge in [-0.2, -0.15) is 0 Å². The van der Waals surface area contributed by atoms with E-state index < -0.39 is 0 Å². The van der Waals surface area contributed by atoms with E-state index in [-0.39, 0.29) is 0 Å². The standard InChI is InChI=1S/C14H18ClN/c1-3-5-6-10-16-14(4-2)12-8-7-9-13(15)11-12/h1,7-9,11,14,16H,4-6,10H2,2H3. The first-order chi connectivity index (χ1) is 7.77. The Morgan fingerprint density at radius 1 is 1.50 bits per heavy atom. The minimum absolute atomic E-state index is 0.372. The zero-order chi connectivity index (χ0) is 11.8. The fourth-order valence-corrected chi connectivity index (χ4v) is 1.89. The molecule has 1 aromatic rings. The largest absolute Gasteiger partial charge is 0.310 e. The lowest BCUT2D eigenvalue weighted by molar-refractivity contribution is 0.513. The lowest BCUT2D eigenvalue weighted by Crippen LogP contribution is -2.21. The van der Waals surface area contributed by atoms with Crippen LogP contribution < -0.4 is 5.32 Å². The van der Waals surface area contributed by atoms with Crippen molar-refractivity contribution >= 4 is 11.6 Å². The maximum atomic E-state index is 5.98. The number of unbranched alkanes of at least 4 members (excludes halogenated alkanes) is 1. The molecule has 0 amide bonds. The highest BCUT2D eigenvalue weighted by molar-refractivity contribution is 6.30. The van der Waals surface area contributed by atoms with Gasteiger partial charge in [0.2, 0.25) is 0 Å². The zero-order valence-electron chi connectivity index (χ0n) is 9.67. The molecule has 1 unspecified atom stereocenters. The van der Waals surface area contributed by atoms with Crippen LogP contribution in [-0.2, 0) is 0 Å². The van der Waals surface area contributed by atoms with Crippen LogP contribution in [0.5, 0.6) is 0 Å². The second-order valence-corrected chi connectivity index (χ2v) is 4.21. The molecule has 0 aliphatic rings. The molecular formula is C14H18ClN. The number of hydrogen-bond donors (Lipinski definition) is 1. The zero-order valence-corrected chi connectivity index (χ0v) is 10.4. The SMILES string of the molecule is C#CCCCNC(CC)c1cccc(Cl)c1. The van der Waals surface area contributed by atoms with E-state index in [1.54, 1.807) is 0 Å². The predicted molar refractivity (Wildman–Crippen MR) is 70.6 cm³/mol. The van der Waals surface area contributed by atoms with Gasteiger partial charge < -0.3 is 5.32 Å². The minimum atomic E-state index is 0.372. The van der Waals surface area contributed by atoms with Crippen LogP contribution in [0.25, 0.3) is 0 Å². The van der Waals surface area contributed by atoms with Crippen molar-refractivity contribution in [1.82, 2.24) is 5.32 Å². The Labute approximate surface area is 103 Å². The summed E-state index contributed by atoms with van der Waals surface area (Å²) in [4.78, 5) is 0. The topological polar surface area (TPSA) is 12.0 Å². The van der Waals surface area contributed by atoms with Gasteiger partial charge in [0.15, 0.2) is 0 Å². The van der Waals surface area contributed by atoms with Crippen molar-refractivity contribution in [3.8, 4) is 12.3 Å². The molecule has 1 N–H and O–H groups in total. The van der Waals surface area contributed by atoms with Crippen molar-refractivity contribution in [3.63, 3.8) is 0 Å². The van der Waals surface area contributed by atoms with Crippen LogP contribution in [0.15, 0.2) is 24.3 Å². The molecule has 0 aromatic heterocycles. The molecule has 0 saturated carbocycles. The van der Waals surface area contributed by atoms with Crippen LogP contribution >= 0.6 is 11.6 Å². The predicted octanol–water partition coefficient (Wildman–Crippen LogP) is 3.79. The second kappa shape index (κ2) is 7.33. The summed E-state index contributed by atoms with van der Waals surface area (Å²) < 4.78 is 0. The summed E-state index contributed by atoms with van der Waals surface area (Å²) in [5, 5.41) is 4.29. The highest BCUT2D eigenvalue weighted by Gasteiger charge is 2.07. The van der Waals surface area contributed by atoms with Crippen molar-refractivity contribution in [2.75, 3.05) is 6.54 Å². The smallest absolute Gasteiger partial charge is 0.0409 e. The Kier molecular flexibility index (Phi) is 6.00. The first kappa shape index (κ1) is 13.1. The van der Waals surface area contributed by atoms with Crippen LogP contribution in [0.2, 0.25) is 5.02 Å². The average molecular weight is 236 g/mol. The molecule has 0 aliphatic carbocycles. The number of terminal acetylenes is 1. The lowest BCUT2D eigenvalue weighted by atomic mass is 10.0. The summed E-state index contributed by atoms with van der Waals surface area (Å²) >= 11 is 5.98. The van der Waals surface area contributed by atoms with E-state index in [9.17, 15) is 0 Å². The molecule has 16 heavy (non-hydrogen) atoms. The first-order valence-electron chi connectivity index (χ1n) is 5.70. The molecule has 0 radical (unpaired) electrons. The fraction of sp³-hybridized carbons (Fsp3) is 0.429. The van der Waals surface area contributed by atoms with Crippen LogP contribution in [0, 0.1) is 12.3 Å². The molecule has 0 saturated heterocycles. The third-order valence-electron chi connectivity index (χ3n) is 2.55.